The Morgan fingerprint density at radius 2 is 1.87 bits per heavy atom. The lowest BCUT2D eigenvalue weighted by Gasteiger charge is -2.40. The molecule has 1 aliphatic rings. The highest BCUT2D eigenvalue weighted by atomic mass is 16.5. The second-order valence-electron chi connectivity index (χ2n) is 6.24. The van der Waals surface area contributed by atoms with Gasteiger partial charge in [-0.15, -0.1) is 0 Å². The third-order valence-electron chi connectivity index (χ3n) is 3.49. The molecule has 3 unspecified atom stereocenters. The lowest BCUT2D eigenvalue weighted by Crippen LogP contribution is -2.39. The first-order valence-electron chi connectivity index (χ1n) is 6.21. The Bertz CT molecular complexity index is 201. The van der Waals surface area contributed by atoms with Crippen LogP contribution in [0, 0.1) is 11.3 Å². The first-order chi connectivity index (χ1) is 6.80. The van der Waals surface area contributed by atoms with E-state index in [1.165, 1.54) is 19.3 Å². The molecule has 0 amide bonds. The second kappa shape index (κ2) is 4.84. The van der Waals surface area contributed by atoms with Crippen LogP contribution in [0.1, 0.15) is 53.9 Å². The molecule has 0 saturated heterocycles. The Hall–Kier alpha value is -0.0800. The van der Waals surface area contributed by atoms with Gasteiger partial charge in [0.25, 0.3) is 0 Å². The lowest BCUT2D eigenvalue weighted by molar-refractivity contribution is -0.0647. The van der Waals surface area contributed by atoms with E-state index in [1.807, 2.05) is 6.92 Å². The minimum absolute atomic E-state index is 0.130. The van der Waals surface area contributed by atoms with Crippen molar-refractivity contribution >= 4 is 0 Å². The maximum atomic E-state index is 6.03. The molecule has 2 N–H and O–H groups in total. The molecule has 4 atom stereocenters. The Morgan fingerprint density at radius 1 is 1.27 bits per heavy atom. The minimum atomic E-state index is 0.130. The van der Waals surface area contributed by atoms with Crippen molar-refractivity contribution in [3.8, 4) is 0 Å². The van der Waals surface area contributed by atoms with Crippen LogP contribution < -0.4 is 5.73 Å². The molecule has 0 aromatic rings. The van der Waals surface area contributed by atoms with Crippen LogP contribution >= 0.6 is 0 Å². The van der Waals surface area contributed by atoms with Crippen molar-refractivity contribution in [1.82, 2.24) is 0 Å². The van der Waals surface area contributed by atoms with Crippen LogP contribution in [0.4, 0.5) is 0 Å². The zero-order valence-electron chi connectivity index (χ0n) is 10.9. The summed E-state index contributed by atoms with van der Waals surface area (Å²) in [5, 5.41) is 0. The molecule has 0 aromatic heterocycles. The highest BCUT2D eigenvalue weighted by molar-refractivity contribution is 4.84. The monoisotopic (exact) mass is 213 g/mol. The fourth-order valence-corrected chi connectivity index (χ4v) is 2.79. The van der Waals surface area contributed by atoms with Gasteiger partial charge in [0.15, 0.2) is 0 Å². The highest BCUT2D eigenvalue weighted by Crippen LogP contribution is 2.40. The van der Waals surface area contributed by atoms with Crippen LogP contribution in [0.15, 0.2) is 0 Å². The van der Waals surface area contributed by atoms with E-state index in [1.54, 1.807) is 0 Å². The number of rotatable bonds is 3. The van der Waals surface area contributed by atoms with Gasteiger partial charge in [-0.3, -0.25) is 0 Å². The molecular weight excluding hydrogens is 186 g/mol. The van der Waals surface area contributed by atoms with Crippen LogP contribution in [0.25, 0.3) is 0 Å². The van der Waals surface area contributed by atoms with E-state index in [4.69, 9.17) is 10.5 Å². The van der Waals surface area contributed by atoms with Crippen molar-refractivity contribution < 1.29 is 4.74 Å². The van der Waals surface area contributed by atoms with Crippen molar-refractivity contribution in [2.24, 2.45) is 17.1 Å². The zero-order valence-corrected chi connectivity index (χ0v) is 10.9. The molecule has 15 heavy (non-hydrogen) atoms. The summed E-state index contributed by atoms with van der Waals surface area (Å²) in [4.78, 5) is 0. The van der Waals surface area contributed by atoms with Crippen molar-refractivity contribution in [3.63, 3.8) is 0 Å². The molecule has 0 heterocycles. The fourth-order valence-electron chi connectivity index (χ4n) is 2.79. The molecular formula is C13H27NO. The Labute approximate surface area is 94.6 Å². The van der Waals surface area contributed by atoms with Gasteiger partial charge in [-0.05, 0) is 44.4 Å². The van der Waals surface area contributed by atoms with E-state index in [0.717, 1.165) is 5.92 Å². The molecule has 90 valence electrons. The summed E-state index contributed by atoms with van der Waals surface area (Å²) in [6, 6.07) is 0.130. The summed E-state index contributed by atoms with van der Waals surface area (Å²) >= 11 is 0. The first kappa shape index (κ1) is 13.0. The summed E-state index contributed by atoms with van der Waals surface area (Å²) in [5.41, 5.74) is 6.26. The number of nitrogens with two attached hydrogens (primary N) is 1. The lowest BCUT2D eigenvalue weighted by atomic mass is 9.71. The fraction of sp³-hybridized carbons (Fsp3) is 1.00. The maximum absolute atomic E-state index is 6.03. The van der Waals surface area contributed by atoms with Crippen LogP contribution in [0.2, 0.25) is 0 Å². The van der Waals surface area contributed by atoms with Crippen molar-refractivity contribution in [2.75, 3.05) is 0 Å². The number of hydrogen-bond donors (Lipinski definition) is 1. The standard InChI is InChI=1S/C13H27NO/c1-9-6-12(8-13(4,5)7-9)15-11(3)10(2)14/h9-12H,6-8,14H2,1-5H3/t9?,10-,11?,12?/m0/s1. The number of ether oxygens (including phenoxy) is 1. The molecule has 0 aliphatic heterocycles. The van der Waals surface area contributed by atoms with Gasteiger partial charge in [-0.1, -0.05) is 20.8 Å². The average molecular weight is 213 g/mol. The molecule has 1 saturated carbocycles. The van der Waals surface area contributed by atoms with E-state index in [2.05, 4.69) is 27.7 Å². The van der Waals surface area contributed by atoms with Gasteiger partial charge in [0.05, 0.1) is 12.2 Å². The zero-order chi connectivity index (χ0) is 11.6. The SMILES string of the molecule is CC1CC(OC(C)[C@H](C)N)CC(C)(C)C1. The van der Waals surface area contributed by atoms with Gasteiger partial charge < -0.3 is 10.5 Å². The van der Waals surface area contributed by atoms with Crippen LogP contribution in [-0.2, 0) is 4.74 Å². The molecule has 0 radical (unpaired) electrons. The molecule has 1 fully saturated rings. The van der Waals surface area contributed by atoms with E-state index in [-0.39, 0.29) is 12.1 Å². The van der Waals surface area contributed by atoms with E-state index in [0.29, 0.717) is 11.5 Å². The van der Waals surface area contributed by atoms with Crippen LogP contribution in [-0.4, -0.2) is 18.2 Å². The van der Waals surface area contributed by atoms with Gasteiger partial charge in [-0.25, -0.2) is 0 Å². The van der Waals surface area contributed by atoms with E-state index < -0.39 is 0 Å². The van der Waals surface area contributed by atoms with Crippen LogP contribution in [0.5, 0.6) is 0 Å². The smallest absolute Gasteiger partial charge is 0.0698 e. The normalized spacial score (nSPS) is 34.8. The van der Waals surface area contributed by atoms with Gasteiger partial charge in [0.2, 0.25) is 0 Å². The molecule has 0 spiro atoms. The number of hydrogen-bond acceptors (Lipinski definition) is 2. The summed E-state index contributed by atoms with van der Waals surface area (Å²) < 4.78 is 6.03. The topological polar surface area (TPSA) is 35.2 Å². The second-order valence-corrected chi connectivity index (χ2v) is 6.24. The predicted octanol–water partition coefficient (Wildman–Crippen LogP) is 2.95. The average Bonchev–Trinajstić information content (AvgIpc) is 1.99. The predicted molar refractivity (Wildman–Crippen MR) is 64.8 cm³/mol. The summed E-state index contributed by atoms with van der Waals surface area (Å²) in [6.07, 6.45) is 4.27. The quantitative estimate of drug-likeness (QED) is 0.782. The maximum Gasteiger partial charge on any atom is 0.0698 e. The molecule has 0 aromatic carbocycles. The Morgan fingerprint density at radius 3 is 2.33 bits per heavy atom. The molecule has 1 rings (SSSR count). The molecule has 2 nitrogen and oxygen atoms in total. The molecule has 2 heteroatoms. The van der Waals surface area contributed by atoms with Crippen molar-refractivity contribution in [1.29, 1.82) is 0 Å². The minimum Gasteiger partial charge on any atom is -0.374 e. The van der Waals surface area contributed by atoms with E-state index in [9.17, 15) is 0 Å². The molecule has 1 aliphatic carbocycles. The van der Waals surface area contributed by atoms with Gasteiger partial charge >= 0.3 is 0 Å². The van der Waals surface area contributed by atoms with Gasteiger partial charge in [0.1, 0.15) is 0 Å². The Kier molecular flexibility index (Phi) is 4.19. The highest BCUT2D eigenvalue weighted by Gasteiger charge is 2.33. The molecule has 0 bridgehead atoms. The van der Waals surface area contributed by atoms with E-state index >= 15 is 0 Å². The van der Waals surface area contributed by atoms with Crippen LogP contribution in [0.3, 0.4) is 0 Å². The third kappa shape index (κ3) is 4.12. The summed E-state index contributed by atoms with van der Waals surface area (Å²) in [5.74, 6) is 0.777. The Balaban J connectivity index is 2.48. The van der Waals surface area contributed by atoms with Crippen molar-refractivity contribution in [3.05, 3.63) is 0 Å². The van der Waals surface area contributed by atoms with Crippen molar-refractivity contribution in [2.45, 2.75) is 72.1 Å². The summed E-state index contributed by atoms with van der Waals surface area (Å²) in [6.45, 7) is 11.1. The third-order valence-corrected chi connectivity index (χ3v) is 3.49. The van der Waals surface area contributed by atoms with Gasteiger partial charge in [0, 0.05) is 6.04 Å². The van der Waals surface area contributed by atoms with Gasteiger partial charge in [-0.2, -0.15) is 0 Å². The summed E-state index contributed by atoms with van der Waals surface area (Å²) in [7, 11) is 0. The largest absolute Gasteiger partial charge is 0.374 e. The first-order valence-corrected chi connectivity index (χ1v) is 6.21.